The zero-order valence-corrected chi connectivity index (χ0v) is 17.1. The summed E-state index contributed by atoms with van der Waals surface area (Å²) in [6.07, 6.45) is 9.72. The Hall–Kier alpha value is -3.61. The fourth-order valence-electron chi connectivity index (χ4n) is 3.20. The lowest BCUT2D eigenvalue weighted by molar-refractivity contribution is 0.0930. The van der Waals surface area contributed by atoms with Crippen LogP contribution in [0.3, 0.4) is 0 Å². The van der Waals surface area contributed by atoms with Crippen LogP contribution in [0.25, 0.3) is 0 Å². The highest BCUT2D eigenvalue weighted by atomic mass is 16.2. The minimum Gasteiger partial charge on any atom is -0.345 e. The quantitative estimate of drug-likeness (QED) is 0.599. The fraction of sp³-hybridized carbons (Fsp3) is 0.261. The highest BCUT2D eigenvalue weighted by Crippen LogP contribution is 2.18. The highest BCUT2D eigenvalue weighted by molar-refractivity contribution is 5.98. The van der Waals surface area contributed by atoms with Gasteiger partial charge in [0.2, 0.25) is 0 Å². The van der Waals surface area contributed by atoms with Gasteiger partial charge in [0.05, 0.1) is 12.1 Å². The molecule has 0 radical (unpaired) electrons. The highest BCUT2D eigenvalue weighted by Gasteiger charge is 2.18. The summed E-state index contributed by atoms with van der Waals surface area (Å²) in [7, 11) is 0. The molecule has 3 aromatic rings. The molecule has 0 aliphatic carbocycles. The number of amides is 2. The molecule has 2 atom stereocenters. The molecular weight excluding hydrogens is 378 g/mol. The first-order chi connectivity index (χ1) is 14.6. The topological polar surface area (TPSA) is 96.9 Å². The van der Waals surface area contributed by atoms with E-state index in [2.05, 4.69) is 25.6 Å². The van der Waals surface area contributed by atoms with Gasteiger partial charge in [-0.1, -0.05) is 13.8 Å². The van der Waals surface area contributed by atoms with Gasteiger partial charge in [0.15, 0.2) is 0 Å². The Labute approximate surface area is 176 Å². The fourth-order valence-corrected chi connectivity index (χ4v) is 3.20. The van der Waals surface area contributed by atoms with Crippen LogP contribution < -0.4 is 10.6 Å². The van der Waals surface area contributed by atoms with E-state index in [1.807, 2.05) is 38.1 Å². The zero-order chi connectivity index (χ0) is 21.3. The van der Waals surface area contributed by atoms with Gasteiger partial charge < -0.3 is 10.6 Å². The molecule has 0 fully saturated rings. The number of rotatable bonds is 8. The molecule has 0 aliphatic heterocycles. The molecule has 30 heavy (non-hydrogen) atoms. The molecule has 154 valence electrons. The van der Waals surface area contributed by atoms with Crippen LogP contribution in [0.5, 0.6) is 0 Å². The Morgan fingerprint density at radius 3 is 1.77 bits per heavy atom. The Morgan fingerprint density at radius 1 is 0.767 bits per heavy atom. The van der Waals surface area contributed by atoms with Crippen molar-refractivity contribution in [3.05, 3.63) is 89.8 Å². The number of nitrogens with one attached hydrogen (secondary N) is 2. The summed E-state index contributed by atoms with van der Waals surface area (Å²) in [6.45, 7) is 3.99. The molecule has 0 saturated carbocycles. The van der Waals surface area contributed by atoms with Crippen molar-refractivity contribution >= 4 is 11.8 Å². The van der Waals surface area contributed by atoms with E-state index in [1.165, 1.54) is 12.3 Å². The van der Waals surface area contributed by atoms with Gasteiger partial charge in [-0.2, -0.15) is 0 Å². The van der Waals surface area contributed by atoms with Crippen LogP contribution in [0.2, 0.25) is 0 Å². The average molecular weight is 403 g/mol. The number of carbonyl (C=O) groups excluding carboxylic acids is 2. The summed E-state index contributed by atoms with van der Waals surface area (Å²) >= 11 is 0. The van der Waals surface area contributed by atoms with Crippen molar-refractivity contribution in [1.29, 1.82) is 0 Å². The predicted octanol–water partition coefficient (Wildman–Crippen LogP) is 3.63. The summed E-state index contributed by atoms with van der Waals surface area (Å²) in [5.41, 5.74) is 2.54. The van der Waals surface area contributed by atoms with Crippen molar-refractivity contribution in [3.63, 3.8) is 0 Å². The summed E-state index contributed by atoms with van der Waals surface area (Å²) in [5.74, 6) is -0.578. The first-order valence-electron chi connectivity index (χ1n) is 10.00. The van der Waals surface area contributed by atoms with Gasteiger partial charge in [-0.05, 0) is 60.4 Å². The van der Waals surface area contributed by atoms with Crippen LogP contribution in [-0.4, -0.2) is 26.8 Å². The molecule has 0 bridgehead atoms. The third kappa shape index (κ3) is 5.26. The SMILES string of the molecule is CCC(NC(=O)c1ccnc(C(=O)NC(CC)c2ccncc2)c1)c1ccncc1. The molecule has 7 heteroatoms. The average Bonchev–Trinajstić information content (AvgIpc) is 2.81. The second kappa shape index (κ2) is 10.2. The summed E-state index contributed by atoms with van der Waals surface area (Å²) in [4.78, 5) is 37.7. The van der Waals surface area contributed by atoms with Gasteiger partial charge in [0.25, 0.3) is 11.8 Å². The second-order valence-corrected chi connectivity index (χ2v) is 6.86. The molecule has 3 heterocycles. The molecule has 7 nitrogen and oxygen atoms in total. The third-order valence-corrected chi connectivity index (χ3v) is 4.90. The molecule has 3 aromatic heterocycles. The number of hydrogen-bond donors (Lipinski definition) is 2. The summed E-state index contributed by atoms with van der Waals surface area (Å²) in [6, 6.07) is 10.3. The van der Waals surface area contributed by atoms with E-state index in [4.69, 9.17) is 0 Å². The third-order valence-electron chi connectivity index (χ3n) is 4.90. The number of hydrogen-bond acceptors (Lipinski definition) is 5. The van der Waals surface area contributed by atoms with Crippen LogP contribution in [0.1, 0.15) is 70.7 Å². The normalized spacial score (nSPS) is 12.6. The largest absolute Gasteiger partial charge is 0.345 e. The van der Waals surface area contributed by atoms with Crippen LogP contribution in [-0.2, 0) is 0 Å². The molecule has 2 amide bonds. The van der Waals surface area contributed by atoms with Crippen molar-refractivity contribution in [2.75, 3.05) is 0 Å². The van der Waals surface area contributed by atoms with Gasteiger partial charge in [-0.3, -0.25) is 24.5 Å². The molecule has 2 unspecified atom stereocenters. The Morgan fingerprint density at radius 2 is 1.27 bits per heavy atom. The van der Waals surface area contributed by atoms with Crippen molar-refractivity contribution in [3.8, 4) is 0 Å². The van der Waals surface area contributed by atoms with Crippen molar-refractivity contribution < 1.29 is 9.59 Å². The Balaban J connectivity index is 1.71. The zero-order valence-electron chi connectivity index (χ0n) is 17.1. The molecule has 3 rings (SSSR count). The molecule has 2 N–H and O–H groups in total. The summed E-state index contributed by atoms with van der Waals surface area (Å²) in [5, 5.41) is 5.99. The number of carbonyl (C=O) groups is 2. The van der Waals surface area contributed by atoms with Gasteiger partial charge >= 0.3 is 0 Å². The lowest BCUT2D eigenvalue weighted by Gasteiger charge is -2.18. The molecule has 0 spiro atoms. The van der Waals surface area contributed by atoms with Gasteiger partial charge in [0.1, 0.15) is 5.69 Å². The maximum Gasteiger partial charge on any atom is 0.270 e. The maximum absolute atomic E-state index is 12.8. The first kappa shape index (κ1) is 21.1. The Bertz CT molecular complexity index is 902. The standard InChI is InChI=1S/C23H25N5O2/c1-3-19(16-5-10-24-11-6-16)27-22(29)18-9-14-26-21(15-18)23(30)28-20(4-2)17-7-12-25-13-8-17/h5-15,19-20H,3-4H2,1-2H3,(H,27,29)(H,28,30). The van der Waals surface area contributed by atoms with E-state index in [1.54, 1.807) is 30.9 Å². The van der Waals surface area contributed by atoms with Gasteiger partial charge in [0, 0.05) is 36.5 Å². The van der Waals surface area contributed by atoms with E-state index in [9.17, 15) is 9.59 Å². The number of aromatic nitrogens is 3. The van der Waals surface area contributed by atoms with E-state index in [0.29, 0.717) is 5.56 Å². The molecule has 0 aliphatic rings. The van der Waals surface area contributed by atoms with Gasteiger partial charge in [-0.25, -0.2) is 0 Å². The summed E-state index contributed by atoms with van der Waals surface area (Å²) < 4.78 is 0. The minimum atomic E-state index is -0.325. The van der Waals surface area contributed by atoms with E-state index < -0.39 is 0 Å². The second-order valence-electron chi connectivity index (χ2n) is 6.86. The smallest absolute Gasteiger partial charge is 0.270 e. The molecule has 0 saturated heterocycles. The first-order valence-corrected chi connectivity index (χ1v) is 10.00. The van der Waals surface area contributed by atoms with Gasteiger partial charge in [-0.15, -0.1) is 0 Å². The lowest BCUT2D eigenvalue weighted by Crippen LogP contribution is -2.30. The van der Waals surface area contributed by atoms with Crippen molar-refractivity contribution in [2.45, 2.75) is 38.8 Å². The van der Waals surface area contributed by atoms with Crippen LogP contribution >= 0.6 is 0 Å². The lowest BCUT2D eigenvalue weighted by atomic mass is 10.0. The van der Waals surface area contributed by atoms with Crippen molar-refractivity contribution in [2.24, 2.45) is 0 Å². The van der Waals surface area contributed by atoms with Crippen LogP contribution in [0.15, 0.2) is 67.4 Å². The minimum absolute atomic E-state index is 0.137. The molecular formula is C23H25N5O2. The number of pyridine rings is 3. The Kier molecular flexibility index (Phi) is 7.21. The number of nitrogens with zero attached hydrogens (tertiary/aromatic N) is 3. The molecule has 0 aromatic carbocycles. The predicted molar refractivity (Wildman–Crippen MR) is 114 cm³/mol. The van der Waals surface area contributed by atoms with Crippen molar-refractivity contribution in [1.82, 2.24) is 25.6 Å². The maximum atomic E-state index is 12.8. The van der Waals surface area contributed by atoms with E-state index in [-0.39, 0.29) is 29.6 Å². The van der Waals surface area contributed by atoms with Crippen LogP contribution in [0, 0.1) is 0 Å². The van der Waals surface area contributed by atoms with E-state index >= 15 is 0 Å². The van der Waals surface area contributed by atoms with E-state index in [0.717, 1.165) is 24.0 Å². The monoisotopic (exact) mass is 403 g/mol. The van der Waals surface area contributed by atoms with Crippen LogP contribution in [0.4, 0.5) is 0 Å².